The van der Waals surface area contributed by atoms with Gasteiger partial charge in [0.25, 0.3) is 0 Å². The van der Waals surface area contributed by atoms with Crippen LogP contribution in [0.25, 0.3) is 0 Å². The van der Waals surface area contributed by atoms with Gasteiger partial charge in [-0.25, -0.2) is 0 Å². The van der Waals surface area contributed by atoms with Crippen molar-refractivity contribution in [3.05, 3.63) is 58.1 Å². The first kappa shape index (κ1) is 14.7. The number of benzene rings is 2. The second-order valence-electron chi connectivity index (χ2n) is 4.51. The predicted octanol–water partition coefficient (Wildman–Crippen LogP) is 3.69. The summed E-state index contributed by atoms with van der Waals surface area (Å²) in [5.74, 6) is 1.59. The Morgan fingerprint density at radius 2 is 1.95 bits per heavy atom. The highest BCUT2D eigenvalue weighted by Gasteiger charge is 2.09. The Hall–Kier alpha value is -1.71. The molecular formula is C16H18ClNO2. The Balaban J connectivity index is 2.23. The molecule has 2 aromatic rings. The van der Waals surface area contributed by atoms with Gasteiger partial charge in [0, 0.05) is 22.7 Å². The van der Waals surface area contributed by atoms with E-state index in [1.165, 1.54) is 0 Å². The number of ether oxygens (including phenoxy) is 2. The molecule has 0 fully saturated rings. The van der Waals surface area contributed by atoms with Gasteiger partial charge in [-0.3, -0.25) is 0 Å². The summed E-state index contributed by atoms with van der Waals surface area (Å²) in [5.41, 5.74) is 8.71. The Morgan fingerprint density at radius 3 is 2.65 bits per heavy atom. The van der Waals surface area contributed by atoms with Gasteiger partial charge in [-0.15, -0.1) is 0 Å². The van der Waals surface area contributed by atoms with Crippen molar-refractivity contribution < 1.29 is 9.47 Å². The molecule has 0 amide bonds. The second kappa shape index (κ2) is 6.64. The first-order chi connectivity index (χ1) is 9.65. The summed E-state index contributed by atoms with van der Waals surface area (Å²) in [4.78, 5) is 0. The van der Waals surface area contributed by atoms with E-state index in [0.29, 0.717) is 18.2 Å². The number of methoxy groups -OCH3 is 1. The van der Waals surface area contributed by atoms with Crippen molar-refractivity contribution in [1.82, 2.24) is 0 Å². The fourth-order valence-electron chi connectivity index (χ4n) is 2.09. The molecule has 0 saturated carbocycles. The smallest absolute Gasteiger partial charge is 0.127 e. The van der Waals surface area contributed by atoms with Crippen molar-refractivity contribution >= 4 is 11.6 Å². The number of nitrogens with two attached hydrogens (primary N) is 1. The standard InChI is InChI=1S/C16H18ClNO2/c1-11-4-3-5-12(9-18)16(11)20-10-13-8-14(17)6-7-15(13)19-2/h3-8H,9-10,18H2,1-2H3. The fourth-order valence-corrected chi connectivity index (χ4v) is 2.29. The third-order valence-electron chi connectivity index (χ3n) is 3.13. The molecule has 0 spiro atoms. The van der Waals surface area contributed by atoms with Gasteiger partial charge in [0.2, 0.25) is 0 Å². The minimum absolute atomic E-state index is 0.390. The van der Waals surface area contributed by atoms with Crippen LogP contribution in [0.15, 0.2) is 36.4 Å². The van der Waals surface area contributed by atoms with Crippen molar-refractivity contribution in [3.8, 4) is 11.5 Å². The van der Waals surface area contributed by atoms with Crippen LogP contribution in [0.5, 0.6) is 11.5 Å². The van der Waals surface area contributed by atoms with Crippen molar-refractivity contribution in [3.63, 3.8) is 0 Å². The molecule has 0 radical (unpaired) electrons. The van der Waals surface area contributed by atoms with E-state index in [0.717, 1.165) is 28.2 Å². The quantitative estimate of drug-likeness (QED) is 0.913. The molecule has 0 aliphatic rings. The maximum Gasteiger partial charge on any atom is 0.127 e. The highest BCUT2D eigenvalue weighted by molar-refractivity contribution is 6.30. The molecule has 2 rings (SSSR count). The van der Waals surface area contributed by atoms with Gasteiger partial charge >= 0.3 is 0 Å². The molecule has 0 saturated heterocycles. The minimum Gasteiger partial charge on any atom is -0.496 e. The van der Waals surface area contributed by atoms with Gasteiger partial charge in [-0.1, -0.05) is 29.8 Å². The van der Waals surface area contributed by atoms with Gasteiger partial charge < -0.3 is 15.2 Å². The zero-order valence-corrected chi connectivity index (χ0v) is 12.4. The van der Waals surface area contributed by atoms with Crippen molar-refractivity contribution in [2.24, 2.45) is 5.73 Å². The third-order valence-corrected chi connectivity index (χ3v) is 3.36. The molecule has 0 unspecified atom stereocenters. The first-order valence-corrected chi connectivity index (χ1v) is 6.77. The zero-order valence-electron chi connectivity index (χ0n) is 11.7. The predicted molar refractivity (Wildman–Crippen MR) is 81.4 cm³/mol. The van der Waals surface area contributed by atoms with Crippen LogP contribution in [-0.2, 0) is 13.2 Å². The summed E-state index contributed by atoms with van der Waals surface area (Å²) in [6.07, 6.45) is 0. The first-order valence-electron chi connectivity index (χ1n) is 6.39. The van der Waals surface area contributed by atoms with Gasteiger partial charge in [0.1, 0.15) is 18.1 Å². The molecule has 106 valence electrons. The van der Waals surface area contributed by atoms with E-state index >= 15 is 0 Å². The van der Waals surface area contributed by atoms with Crippen molar-refractivity contribution in [2.75, 3.05) is 7.11 Å². The van der Waals surface area contributed by atoms with Crippen LogP contribution >= 0.6 is 11.6 Å². The molecule has 0 aliphatic heterocycles. The molecular weight excluding hydrogens is 274 g/mol. The molecule has 0 aromatic heterocycles. The average Bonchev–Trinajstić information content (AvgIpc) is 2.46. The minimum atomic E-state index is 0.390. The lowest BCUT2D eigenvalue weighted by atomic mass is 10.1. The Morgan fingerprint density at radius 1 is 1.15 bits per heavy atom. The normalized spacial score (nSPS) is 10.4. The van der Waals surface area contributed by atoms with Gasteiger partial charge in [0.15, 0.2) is 0 Å². The van der Waals surface area contributed by atoms with E-state index in [9.17, 15) is 0 Å². The monoisotopic (exact) mass is 291 g/mol. The topological polar surface area (TPSA) is 44.5 Å². The van der Waals surface area contributed by atoms with E-state index in [2.05, 4.69) is 0 Å². The highest BCUT2D eigenvalue weighted by atomic mass is 35.5. The SMILES string of the molecule is COc1ccc(Cl)cc1COc1c(C)cccc1CN. The van der Waals surface area contributed by atoms with Gasteiger partial charge in [-0.05, 0) is 30.7 Å². The van der Waals surface area contributed by atoms with Crippen LogP contribution in [0.4, 0.5) is 0 Å². The number of hydrogen-bond acceptors (Lipinski definition) is 3. The maximum atomic E-state index is 6.01. The number of hydrogen-bond donors (Lipinski definition) is 1. The fraction of sp³-hybridized carbons (Fsp3) is 0.250. The van der Waals surface area contributed by atoms with E-state index in [4.69, 9.17) is 26.8 Å². The Bertz CT molecular complexity index is 599. The number of para-hydroxylation sites is 1. The zero-order chi connectivity index (χ0) is 14.5. The van der Waals surface area contributed by atoms with Gasteiger partial charge in [-0.2, -0.15) is 0 Å². The van der Waals surface area contributed by atoms with Crippen LogP contribution in [0.3, 0.4) is 0 Å². The molecule has 0 heterocycles. The molecule has 3 nitrogen and oxygen atoms in total. The maximum absolute atomic E-state index is 6.01. The van der Waals surface area contributed by atoms with Crippen molar-refractivity contribution in [2.45, 2.75) is 20.1 Å². The molecule has 4 heteroatoms. The average molecular weight is 292 g/mol. The lowest BCUT2D eigenvalue weighted by molar-refractivity contribution is 0.292. The third kappa shape index (κ3) is 3.24. The van der Waals surface area contributed by atoms with Crippen molar-refractivity contribution in [1.29, 1.82) is 0 Å². The molecule has 2 aromatic carbocycles. The summed E-state index contributed by atoms with van der Waals surface area (Å²) in [6.45, 7) is 2.84. The lowest BCUT2D eigenvalue weighted by Crippen LogP contribution is -2.05. The van der Waals surface area contributed by atoms with Crippen LogP contribution in [0, 0.1) is 6.92 Å². The second-order valence-corrected chi connectivity index (χ2v) is 4.95. The molecule has 20 heavy (non-hydrogen) atoms. The molecule has 0 atom stereocenters. The van der Waals surface area contributed by atoms with E-state index < -0.39 is 0 Å². The summed E-state index contributed by atoms with van der Waals surface area (Å²) in [5, 5.41) is 0.660. The lowest BCUT2D eigenvalue weighted by Gasteiger charge is -2.15. The number of rotatable bonds is 5. The van der Waals surface area contributed by atoms with Gasteiger partial charge in [0.05, 0.1) is 7.11 Å². The summed E-state index contributed by atoms with van der Waals surface area (Å²) in [6, 6.07) is 11.4. The summed E-state index contributed by atoms with van der Waals surface area (Å²) >= 11 is 6.01. The van der Waals surface area contributed by atoms with E-state index in [1.54, 1.807) is 13.2 Å². The molecule has 0 bridgehead atoms. The highest BCUT2D eigenvalue weighted by Crippen LogP contribution is 2.27. The van der Waals surface area contributed by atoms with Crippen LogP contribution in [-0.4, -0.2) is 7.11 Å². The molecule has 0 aliphatic carbocycles. The van der Waals surface area contributed by atoms with Crippen LogP contribution in [0.1, 0.15) is 16.7 Å². The Kier molecular flexibility index (Phi) is 4.88. The van der Waals surface area contributed by atoms with Crippen LogP contribution < -0.4 is 15.2 Å². The summed E-state index contributed by atoms with van der Waals surface area (Å²) in [7, 11) is 1.63. The number of halogens is 1. The van der Waals surface area contributed by atoms with E-state index in [1.807, 2.05) is 37.3 Å². The molecule has 2 N–H and O–H groups in total. The number of aryl methyl sites for hydroxylation is 1. The largest absolute Gasteiger partial charge is 0.496 e. The van der Waals surface area contributed by atoms with E-state index in [-0.39, 0.29) is 0 Å². The Labute approximate surface area is 124 Å². The summed E-state index contributed by atoms with van der Waals surface area (Å²) < 4.78 is 11.2. The van der Waals surface area contributed by atoms with Crippen LogP contribution in [0.2, 0.25) is 5.02 Å².